The minimum Gasteiger partial charge on any atom is -0.360 e. The van der Waals surface area contributed by atoms with Gasteiger partial charge in [0.1, 0.15) is 5.72 Å². The van der Waals surface area contributed by atoms with Crippen molar-refractivity contribution in [1.29, 1.82) is 0 Å². The fraction of sp³-hybridized carbons (Fsp3) is 0.429. The van der Waals surface area contributed by atoms with Gasteiger partial charge in [0.05, 0.1) is 0 Å². The van der Waals surface area contributed by atoms with Gasteiger partial charge in [-0.1, -0.05) is 18.2 Å². The summed E-state index contributed by atoms with van der Waals surface area (Å²) in [6.07, 6.45) is 8.47. The van der Waals surface area contributed by atoms with Crippen molar-refractivity contribution in [1.82, 2.24) is 0 Å². The Hall–Kier alpha value is -0.600. The van der Waals surface area contributed by atoms with Gasteiger partial charge in [-0.3, -0.25) is 5.73 Å². The third-order valence-electron chi connectivity index (χ3n) is 1.44. The van der Waals surface area contributed by atoms with Gasteiger partial charge in [0, 0.05) is 13.5 Å². The molecule has 0 bridgehead atoms. The second-order valence-electron chi connectivity index (χ2n) is 2.15. The van der Waals surface area contributed by atoms with Crippen LogP contribution < -0.4 is 5.73 Å². The van der Waals surface area contributed by atoms with Gasteiger partial charge in [-0.15, -0.1) is 0 Å². The highest BCUT2D eigenvalue weighted by molar-refractivity contribution is 5.16. The first-order valence-electron chi connectivity index (χ1n) is 2.95. The monoisotopic (exact) mass is 125 g/mol. The van der Waals surface area contributed by atoms with Crippen LogP contribution in [0, 0.1) is 0 Å². The Morgan fingerprint density at radius 3 is 2.67 bits per heavy atom. The lowest BCUT2D eigenvalue weighted by Gasteiger charge is -2.23. The summed E-state index contributed by atoms with van der Waals surface area (Å²) in [7, 11) is 1.61. The summed E-state index contributed by atoms with van der Waals surface area (Å²) < 4.78 is 5.02. The molecule has 0 saturated heterocycles. The molecule has 0 aliphatic heterocycles. The molecule has 2 nitrogen and oxygen atoms in total. The van der Waals surface area contributed by atoms with E-state index < -0.39 is 5.72 Å². The second-order valence-corrected chi connectivity index (χ2v) is 2.15. The molecule has 0 amide bonds. The largest absolute Gasteiger partial charge is 0.360 e. The van der Waals surface area contributed by atoms with Crippen LogP contribution in [0.1, 0.15) is 6.42 Å². The lowest BCUT2D eigenvalue weighted by molar-refractivity contribution is 0.0396. The van der Waals surface area contributed by atoms with E-state index in [1.807, 2.05) is 24.3 Å². The zero-order valence-corrected chi connectivity index (χ0v) is 5.50. The first kappa shape index (κ1) is 6.52. The van der Waals surface area contributed by atoms with E-state index in [9.17, 15) is 0 Å². The summed E-state index contributed by atoms with van der Waals surface area (Å²) in [6, 6.07) is 0. The van der Waals surface area contributed by atoms with Crippen molar-refractivity contribution >= 4 is 0 Å². The molecular weight excluding hydrogens is 114 g/mol. The molecule has 0 fully saturated rings. The van der Waals surface area contributed by atoms with Crippen molar-refractivity contribution in [2.75, 3.05) is 7.11 Å². The quantitative estimate of drug-likeness (QED) is 0.526. The number of ether oxygens (including phenoxy) is 1. The van der Waals surface area contributed by atoms with Gasteiger partial charge >= 0.3 is 0 Å². The van der Waals surface area contributed by atoms with Crippen molar-refractivity contribution in [3.05, 3.63) is 24.3 Å². The summed E-state index contributed by atoms with van der Waals surface area (Å²) >= 11 is 0. The van der Waals surface area contributed by atoms with E-state index in [1.54, 1.807) is 7.11 Å². The molecule has 2 heteroatoms. The number of hydrogen-bond acceptors (Lipinski definition) is 2. The van der Waals surface area contributed by atoms with Crippen LogP contribution in [-0.4, -0.2) is 12.8 Å². The van der Waals surface area contributed by atoms with Gasteiger partial charge in [-0.05, 0) is 6.08 Å². The number of allylic oxidation sites excluding steroid dienone is 2. The first-order chi connectivity index (χ1) is 4.27. The van der Waals surface area contributed by atoms with E-state index in [0.29, 0.717) is 0 Å². The lowest BCUT2D eigenvalue weighted by atomic mass is 10.1. The maximum Gasteiger partial charge on any atom is 0.139 e. The van der Waals surface area contributed by atoms with Crippen molar-refractivity contribution in [3.63, 3.8) is 0 Å². The predicted octanol–water partition coefficient (Wildman–Crippen LogP) is 0.804. The molecule has 0 heterocycles. The zero-order chi connectivity index (χ0) is 6.74. The van der Waals surface area contributed by atoms with Crippen molar-refractivity contribution in [2.45, 2.75) is 12.1 Å². The third-order valence-corrected chi connectivity index (χ3v) is 1.44. The highest BCUT2D eigenvalue weighted by atomic mass is 16.5. The fourth-order valence-electron chi connectivity index (χ4n) is 0.769. The number of methoxy groups -OCH3 is 1. The molecule has 1 atom stereocenters. The zero-order valence-electron chi connectivity index (χ0n) is 5.50. The highest BCUT2D eigenvalue weighted by Crippen LogP contribution is 2.13. The van der Waals surface area contributed by atoms with Crippen LogP contribution in [0.3, 0.4) is 0 Å². The van der Waals surface area contributed by atoms with Crippen LogP contribution in [0.5, 0.6) is 0 Å². The van der Waals surface area contributed by atoms with Crippen molar-refractivity contribution in [3.8, 4) is 0 Å². The van der Waals surface area contributed by atoms with Gasteiger partial charge in [0.25, 0.3) is 0 Å². The Kier molecular flexibility index (Phi) is 1.69. The average Bonchev–Trinajstić information content (AvgIpc) is 1.90. The molecule has 1 aliphatic rings. The lowest BCUT2D eigenvalue weighted by Crippen LogP contribution is -2.39. The van der Waals surface area contributed by atoms with Crippen LogP contribution >= 0.6 is 0 Å². The first-order valence-corrected chi connectivity index (χ1v) is 2.95. The van der Waals surface area contributed by atoms with E-state index in [0.717, 1.165) is 6.42 Å². The third kappa shape index (κ3) is 1.40. The Bertz CT molecular complexity index is 151. The second kappa shape index (κ2) is 2.33. The summed E-state index contributed by atoms with van der Waals surface area (Å²) in [6.45, 7) is 0. The molecule has 0 saturated carbocycles. The van der Waals surface area contributed by atoms with Crippen LogP contribution in [0.15, 0.2) is 24.3 Å². The minimum absolute atomic E-state index is 0.547. The minimum atomic E-state index is -0.547. The Morgan fingerprint density at radius 1 is 1.56 bits per heavy atom. The van der Waals surface area contributed by atoms with E-state index in [1.165, 1.54) is 0 Å². The molecule has 2 N–H and O–H groups in total. The van der Waals surface area contributed by atoms with E-state index in [4.69, 9.17) is 10.5 Å². The van der Waals surface area contributed by atoms with Gasteiger partial charge < -0.3 is 4.74 Å². The fourth-order valence-corrected chi connectivity index (χ4v) is 0.769. The molecule has 0 spiro atoms. The smallest absolute Gasteiger partial charge is 0.139 e. The van der Waals surface area contributed by atoms with Crippen LogP contribution in [-0.2, 0) is 4.74 Å². The van der Waals surface area contributed by atoms with E-state index in [2.05, 4.69) is 0 Å². The Labute approximate surface area is 55.0 Å². The van der Waals surface area contributed by atoms with Crippen LogP contribution in [0.25, 0.3) is 0 Å². The summed E-state index contributed by atoms with van der Waals surface area (Å²) in [4.78, 5) is 0. The molecule has 1 unspecified atom stereocenters. The molecule has 9 heavy (non-hydrogen) atoms. The van der Waals surface area contributed by atoms with Gasteiger partial charge in [-0.2, -0.15) is 0 Å². The standard InChI is InChI=1S/C7H11NO/c1-9-7(8)5-3-2-4-6-7/h2-5H,6,8H2,1H3. The maximum absolute atomic E-state index is 5.70. The Balaban J connectivity index is 2.63. The summed E-state index contributed by atoms with van der Waals surface area (Å²) in [5, 5.41) is 0. The van der Waals surface area contributed by atoms with Gasteiger partial charge in [0.2, 0.25) is 0 Å². The molecule has 0 radical (unpaired) electrons. The highest BCUT2D eigenvalue weighted by Gasteiger charge is 2.19. The maximum atomic E-state index is 5.70. The van der Waals surface area contributed by atoms with Crippen molar-refractivity contribution < 1.29 is 4.74 Å². The van der Waals surface area contributed by atoms with Crippen LogP contribution in [0.4, 0.5) is 0 Å². The molecule has 50 valence electrons. The van der Waals surface area contributed by atoms with Crippen LogP contribution in [0.2, 0.25) is 0 Å². The van der Waals surface area contributed by atoms with Gasteiger partial charge in [-0.25, -0.2) is 0 Å². The molecular formula is C7H11NO. The SMILES string of the molecule is COC1(N)C=CC=CC1. The molecule has 1 aliphatic carbocycles. The molecule has 0 aromatic rings. The van der Waals surface area contributed by atoms with E-state index >= 15 is 0 Å². The Morgan fingerprint density at radius 2 is 2.33 bits per heavy atom. The van der Waals surface area contributed by atoms with Gasteiger partial charge in [0.15, 0.2) is 0 Å². The number of rotatable bonds is 1. The van der Waals surface area contributed by atoms with E-state index in [-0.39, 0.29) is 0 Å². The number of nitrogens with two attached hydrogens (primary N) is 1. The number of hydrogen-bond donors (Lipinski definition) is 1. The average molecular weight is 125 g/mol. The summed E-state index contributed by atoms with van der Waals surface area (Å²) in [5.41, 5.74) is 5.15. The molecule has 0 aromatic carbocycles. The molecule has 0 aromatic heterocycles. The topological polar surface area (TPSA) is 35.2 Å². The normalized spacial score (nSPS) is 33.1. The predicted molar refractivity (Wildman–Crippen MR) is 36.8 cm³/mol. The molecule has 1 rings (SSSR count). The van der Waals surface area contributed by atoms with Crippen molar-refractivity contribution in [2.24, 2.45) is 5.73 Å². The summed E-state index contributed by atoms with van der Waals surface area (Å²) in [5.74, 6) is 0.